The first-order valence-corrected chi connectivity index (χ1v) is 9.26. The van der Waals surface area contributed by atoms with E-state index in [2.05, 4.69) is 43.8 Å². The molecule has 1 aromatic heterocycles. The molecule has 20 heavy (non-hydrogen) atoms. The van der Waals surface area contributed by atoms with E-state index < -0.39 is 14.3 Å². The van der Waals surface area contributed by atoms with E-state index in [0.717, 1.165) is 0 Å². The predicted octanol–water partition coefficient (Wildman–Crippen LogP) is 2.71. The second-order valence-electron chi connectivity index (χ2n) is 6.07. The fourth-order valence-corrected chi connectivity index (χ4v) is 2.18. The molecule has 0 unspecified atom stereocenters. The summed E-state index contributed by atoms with van der Waals surface area (Å²) in [5.41, 5.74) is 0.303. The number of ether oxygens (including phenoxy) is 1. The molecule has 0 atom stereocenters. The van der Waals surface area contributed by atoms with Crippen molar-refractivity contribution < 1.29 is 19.1 Å². The molecule has 112 valence electrons. The molecule has 1 heterocycles. The molecule has 1 aromatic rings. The summed E-state index contributed by atoms with van der Waals surface area (Å²) < 4.78 is 11.1. The molecule has 0 aliphatic rings. The minimum Gasteiger partial charge on any atom is -0.480 e. The molecule has 0 saturated heterocycles. The number of hydrogen-bond acceptors (Lipinski definition) is 5. The molecule has 0 fully saturated rings. The number of methoxy groups -OCH3 is 1. The van der Waals surface area contributed by atoms with Crippen molar-refractivity contribution in [3.8, 4) is 5.88 Å². The van der Waals surface area contributed by atoms with Gasteiger partial charge in [-0.1, -0.05) is 20.8 Å². The maximum Gasteiger partial charge on any atom is 0.356 e. The van der Waals surface area contributed by atoms with Gasteiger partial charge in [-0.2, -0.15) is 0 Å². The van der Waals surface area contributed by atoms with Gasteiger partial charge in [-0.25, -0.2) is 14.8 Å². The Hall–Kier alpha value is -1.47. The van der Waals surface area contributed by atoms with Crippen molar-refractivity contribution in [2.24, 2.45) is 0 Å². The largest absolute Gasteiger partial charge is 0.480 e. The van der Waals surface area contributed by atoms with Gasteiger partial charge in [0, 0.05) is 0 Å². The van der Waals surface area contributed by atoms with Gasteiger partial charge in [0.15, 0.2) is 14.0 Å². The second-order valence-corrected chi connectivity index (χ2v) is 10.9. The Morgan fingerprint density at radius 1 is 1.40 bits per heavy atom. The zero-order valence-corrected chi connectivity index (χ0v) is 13.9. The van der Waals surface area contributed by atoms with Crippen molar-refractivity contribution >= 4 is 14.3 Å². The van der Waals surface area contributed by atoms with Gasteiger partial charge < -0.3 is 14.3 Å². The summed E-state index contributed by atoms with van der Waals surface area (Å²) in [6, 6.07) is 0. The molecule has 7 heteroatoms. The minimum atomic E-state index is -1.94. The lowest BCUT2D eigenvalue weighted by Gasteiger charge is -2.36. The zero-order valence-electron chi connectivity index (χ0n) is 12.9. The van der Waals surface area contributed by atoms with E-state index in [0.29, 0.717) is 11.6 Å². The number of nitrogens with zero attached hydrogens (tertiary/aromatic N) is 2. The molecule has 0 aliphatic carbocycles. The molecule has 0 amide bonds. The van der Waals surface area contributed by atoms with Crippen LogP contribution >= 0.6 is 0 Å². The van der Waals surface area contributed by atoms with Crippen LogP contribution in [-0.2, 0) is 11.0 Å². The first-order valence-electron chi connectivity index (χ1n) is 6.35. The summed E-state index contributed by atoms with van der Waals surface area (Å²) in [7, 11) is -0.466. The maximum absolute atomic E-state index is 10.9. The Morgan fingerprint density at radius 3 is 2.45 bits per heavy atom. The van der Waals surface area contributed by atoms with Crippen molar-refractivity contribution in [1.82, 2.24) is 9.97 Å². The molecule has 0 aliphatic heterocycles. The summed E-state index contributed by atoms with van der Waals surface area (Å²) in [6.07, 6.45) is 1.18. The number of hydrogen-bond donors (Lipinski definition) is 1. The topological polar surface area (TPSA) is 81.5 Å². The number of aromatic carboxylic acids is 1. The van der Waals surface area contributed by atoms with E-state index in [1.54, 1.807) is 0 Å². The summed E-state index contributed by atoms with van der Waals surface area (Å²) in [5.74, 6) is -0.817. The SMILES string of the molecule is COc1ncc(C(=O)O)nc1CO[Si](C)(C)C(C)(C)C. The lowest BCUT2D eigenvalue weighted by Crippen LogP contribution is -2.40. The number of aromatic nitrogens is 2. The highest BCUT2D eigenvalue weighted by Crippen LogP contribution is 2.37. The van der Waals surface area contributed by atoms with Gasteiger partial charge in [-0.05, 0) is 18.1 Å². The fraction of sp³-hybridized carbons (Fsp3) is 0.615. The van der Waals surface area contributed by atoms with Crippen LogP contribution in [0.3, 0.4) is 0 Å². The molecule has 1 N–H and O–H groups in total. The van der Waals surface area contributed by atoms with Crippen LogP contribution in [-0.4, -0.2) is 36.5 Å². The summed E-state index contributed by atoms with van der Waals surface area (Å²) >= 11 is 0. The third-order valence-electron chi connectivity index (χ3n) is 3.59. The first-order chi connectivity index (χ1) is 9.08. The lowest BCUT2D eigenvalue weighted by molar-refractivity contribution is 0.0689. The van der Waals surface area contributed by atoms with Crippen LogP contribution in [0, 0.1) is 0 Å². The molecular weight excluding hydrogens is 276 g/mol. The van der Waals surface area contributed by atoms with Crippen molar-refractivity contribution in [2.45, 2.75) is 45.5 Å². The van der Waals surface area contributed by atoms with Crippen molar-refractivity contribution in [3.63, 3.8) is 0 Å². The van der Waals surface area contributed by atoms with Crippen LogP contribution < -0.4 is 4.74 Å². The highest BCUT2D eigenvalue weighted by atomic mass is 28.4. The Balaban J connectivity index is 2.97. The normalized spacial score (nSPS) is 12.3. The van der Waals surface area contributed by atoms with E-state index in [4.69, 9.17) is 14.3 Å². The average molecular weight is 298 g/mol. The molecule has 0 aromatic carbocycles. The highest BCUT2D eigenvalue weighted by Gasteiger charge is 2.37. The van der Waals surface area contributed by atoms with Gasteiger partial charge in [0.2, 0.25) is 5.88 Å². The monoisotopic (exact) mass is 298 g/mol. The second kappa shape index (κ2) is 5.88. The van der Waals surface area contributed by atoms with Crippen LogP contribution in [0.15, 0.2) is 6.20 Å². The highest BCUT2D eigenvalue weighted by molar-refractivity contribution is 6.74. The summed E-state index contributed by atoms with van der Waals surface area (Å²) in [6.45, 7) is 10.8. The van der Waals surface area contributed by atoms with Gasteiger partial charge in [0.1, 0.15) is 5.69 Å². The number of carboxylic acids is 1. The smallest absolute Gasteiger partial charge is 0.356 e. The zero-order chi connectivity index (χ0) is 15.6. The van der Waals surface area contributed by atoms with Crippen LogP contribution in [0.4, 0.5) is 0 Å². The standard InChI is InChI=1S/C13H22N2O4Si/c1-13(2,3)20(5,6)19-8-10-11(18-4)14-7-9(15-10)12(16)17/h7H,8H2,1-6H3,(H,16,17). The van der Waals surface area contributed by atoms with E-state index in [-0.39, 0.29) is 17.3 Å². The van der Waals surface area contributed by atoms with Gasteiger partial charge in [-0.3, -0.25) is 0 Å². The maximum atomic E-state index is 10.9. The Bertz CT molecular complexity index is 498. The van der Waals surface area contributed by atoms with Crippen LogP contribution in [0.25, 0.3) is 0 Å². The van der Waals surface area contributed by atoms with Crippen molar-refractivity contribution in [1.29, 1.82) is 0 Å². The molecule has 1 rings (SSSR count). The molecule has 0 radical (unpaired) electrons. The number of carboxylic acid groups (broad SMARTS) is 1. The summed E-state index contributed by atoms with van der Waals surface area (Å²) in [4.78, 5) is 18.9. The summed E-state index contributed by atoms with van der Waals surface area (Å²) in [5, 5.41) is 9.02. The van der Waals surface area contributed by atoms with Crippen molar-refractivity contribution in [3.05, 3.63) is 17.6 Å². The van der Waals surface area contributed by atoms with Crippen LogP contribution in [0.1, 0.15) is 37.0 Å². The van der Waals surface area contributed by atoms with Crippen molar-refractivity contribution in [2.75, 3.05) is 7.11 Å². The number of rotatable bonds is 5. The Labute approximate surface area is 120 Å². The Kier molecular flexibility index (Phi) is 4.88. The minimum absolute atomic E-state index is 0.0675. The van der Waals surface area contributed by atoms with Crippen LogP contribution in [0.5, 0.6) is 5.88 Å². The first kappa shape index (κ1) is 16.6. The fourth-order valence-electron chi connectivity index (χ4n) is 1.25. The van der Waals surface area contributed by atoms with E-state index in [9.17, 15) is 4.79 Å². The quantitative estimate of drug-likeness (QED) is 0.842. The molecule has 6 nitrogen and oxygen atoms in total. The van der Waals surface area contributed by atoms with Gasteiger partial charge in [0.05, 0.1) is 19.9 Å². The van der Waals surface area contributed by atoms with Gasteiger partial charge in [-0.15, -0.1) is 0 Å². The predicted molar refractivity (Wildman–Crippen MR) is 77.5 cm³/mol. The average Bonchev–Trinajstić information content (AvgIpc) is 2.34. The lowest BCUT2D eigenvalue weighted by atomic mass is 10.2. The molecular formula is C13H22N2O4Si. The van der Waals surface area contributed by atoms with E-state index in [1.807, 2.05) is 0 Å². The Morgan fingerprint density at radius 2 is 2.00 bits per heavy atom. The van der Waals surface area contributed by atoms with Gasteiger partial charge >= 0.3 is 5.97 Å². The third-order valence-corrected chi connectivity index (χ3v) is 8.07. The third kappa shape index (κ3) is 3.77. The molecule has 0 bridgehead atoms. The number of carbonyl (C=O) groups is 1. The van der Waals surface area contributed by atoms with Gasteiger partial charge in [0.25, 0.3) is 0 Å². The molecule has 0 saturated carbocycles. The van der Waals surface area contributed by atoms with E-state index >= 15 is 0 Å². The van der Waals surface area contributed by atoms with Crippen LogP contribution in [0.2, 0.25) is 18.1 Å². The van der Waals surface area contributed by atoms with E-state index in [1.165, 1.54) is 13.3 Å². The molecule has 0 spiro atoms.